The molecule has 0 atom stereocenters. The van der Waals surface area contributed by atoms with Gasteiger partial charge in [0.2, 0.25) is 0 Å². The minimum Gasteiger partial charge on any atom is -0.478 e. The minimum absolute atomic E-state index is 0.329. The summed E-state index contributed by atoms with van der Waals surface area (Å²) in [7, 11) is 0. The van der Waals surface area contributed by atoms with Crippen molar-refractivity contribution in [1.29, 1.82) is 0 Å². The van der Waals surface area contributed by atoms with Gasteiger partial charge in [-0.2, -0.15) is 0 Å². The largest absolute Gasteiger partial charge is 0.478 e. The van der Waals surface area contributed by atoms with Crippen molar-refractivity contribution >= 4 is 11.8 Å². The SMILES string of the molecule is Cc1cc(C(=O)O)cc(N2CCN(C3CCCC3)CC2)n1. The topological polar surface area (TPSA) is 56.7 Å². The molecule has 114 valence electrons. The van der Waals surface area contributed by atoms with Crippen LogP contribution in [0.25, 0.3) is 0 Å². The molecule has 0 unspecified atom stereocenters. The molecule has 0 spiro atoms. The summed E-state index contributed by atoms with van der Waals surface area (Å²) in [6, 6.07) is 4.09. The summed E-state index contributed by atoms with van der Waals surface area (Å²) in [5, 5.41) is 9.16. The Bertz CT molecular complexity index is 518. The van der Waals surface area contributed by atoms with E-state index in [2.05, 4.69) is 14.8 Å². The van der Waals surface area contributed by atoms with E-state index in [1.54, 1.807) is 12.1 Å². The quantitative estimate of drug-likeness (QED) is 0.924. The van der Waals surface area contributed by atoms with Gasteiger partial charge in [0.05, 0.1) is 5.56 Å². The van der Waals surface area contributed by atoms with Gasteiger partial charge >= 0.3 is 5.97 Å². The molecule has 3 rings (SSSR count). The number of nitrogens with zero attached hydrogens (tertiary/aromatic N) is 3. The highest BCUT2D eigenvalue weighted by Gasteiger charge is 2.26. The van der Waals surface area contributed by atoms with Crippen molar-refractivity contribution in [2.75, 3.05) is 31.1 Å². The van der Waals surface area contributed by atoms with Crippen LogP contribution in [-0.2, 0) is 0 Å². The third-order valence-electron chi connectivity index (χ3n) is 4.67. The van der Waals surface area contributed by atoms with Crippen LogP contribution in [0.3, 0.4) is 0 Å². The first-order valence-corrected chi connectivity index (χ1v) is 7.84. The van der Waals surface area contributed by atoms with Crippen LogP contribution in [0.2, 0.25) is 0 Å². The van der Waals surface area contributed by atoms with Gasteiger partial charge in [-0.3, -0.25) is 4.90 Å². The highest BCUT2D eigenvalue weighted by Crippen LogP contribution is 2.25. The van der Waals surface area contributed by atoms with Crippen LogP contribution in [0.1, 0.15) is 41.7 Å². The van der Waals surface area contributed by atoms with Crippen molar-refractivity contribution in [1.82, 2.24) is 9.88 Å². The Morgan fingerprint density at radius 3 is 2.48 bits per heavy atom. The highest BCUT2D eigenvalue weighted by atomic mass is 16.4. The molecule has 0 aromatic carbocycles. The van der Waals surface area contributed by atoms with E-state index >= 15 is 0 Å². The van der Waals surface area contributed by atoms with Crippen LogP contribution in [0, 0.1) is 6.92 Å². The second-order valence-corrected chi connectivity index (χ2v) is 6.12. The molecular weight excluding hydrogens is 266 g/mol. The number of carbonyl (C=O) groups is 1. The minimum atomic E-state index is -0.883. The van der Waals surface area contributed by atoms with Gasteiger partial charge in [0.1, 0.15) is 5.82 Å². The van der Waals surface area contributed by atoms with Crippen molar-refractivity contribution in [3.63, 3.8) is 0 Å². The summed E-state index contributed by atoms with van der Waals surface area (Å²) in [6.07, 6.45) is 5.41. The number of carboxylic acid groups (broad SMARTS) is 1. The monoisotopic (exact) mass is 289 g/mol. The van der Waals surface area contributed by atoms with Crippen molar-refractivity contribution in [3.8, 4) is 0 Å². The van der Waals surface area contributed by atoms with E-state index in [-0.39, 0.29) is 0 Å². The molecule has 5 nitrogen and oxygen atoms in total. The first kappa shape index (κ1) is 14.3. The smallest absolute Gasteiger partial charge is 0.335 e. The predicted molar refractivity (Wildman–Crippen MR) is 82.0 cm³/mol. The average molecular weight is 289 g/mol. The van der Waals surface area contributed by atoms with Crippen LogP contribution in [0.5, 0.6) is 0 Å². The summed E-state index contributed by atoms with van der Waals surface area (Å²) >= 11 is 0. The van der Waals surface area contributed by atoms with Crippen LogP contribution < -0.4 is 4.90 Å². The molecular formula is C16H23N3O2. The van der Waals surface area contributed by atoms with Crippen molar-refractivity contribution in [3.05, 3.63) is 23.4 Å². The number of piperazine rings is 1. The normalized spacial score (nSPS) is 20.9. The fourth-order valence-electron chi connectivity index (χ4n) is 3.52. The van der Waals surface area contributed by atoms with Gasteiger partial charge < -0.3 is 10.0 Å². The number of carboxylic acids is 1. The molecule has 0 radical (unpaired) electrons. The Morgan fingerprint density at radius 2 is 1.86 bits per heavy atom. The maximum absolute atomic E-state index is 11.2. The third kappa shape index (κ3) is 3.18. The number of hydrogen-bond donors (Lipinski definition) is 1. The highest BCUT2D eigenvalue weighted by molar-refractivity contribution is 5.88. The molecule has 1 saturated heterocycles. The Morgan fingerprint density at radius 1 is 1.19 bits per heavy atom. The average Bonchev–Trinajstić information content (AvgIpc) is 3.01. The molecule has 1 saturated carbocycles. The van der Waals surface area contributed by atoms with E-state index in [0.717, 1.165) is 43.7 Å². The van der Waals surface area contributed by atoms with Crippen LogP contribution in [0.15, 0.2) is 12.1 Å². The molecule has 2 aliphatic rings. The molecule has 1 aromatic rings. The predicted octanol–water partition coefficient (Wildman–Crippen LogP) is 2.15. The molecule has 0 amide bonds. The number of hydrogen-bond acceptors (Lipinski definition) is 4. The summed E-state index contributed by atoms with van der Waals surface area (Å²) in [5.41, 5.74) is 1.10. The number of anilines is 1. The Kier molecular flexibility index (Phi) is 4.10. The lowest BCUT2D eigenvalue weighted by atomic mass is 10.1. The zero-order valence-corrected chi connectivity index (χ0v) is 12.6. The molecule has 0 bridgehead atoms. The number of pyridine rings is 1. The van der Waals surface area contributed by atoms with Gasteiger partial charge in [-0.25, -0.2) is 9.78 Å². The van der Waals surface area contributed by atoms with E-state index in [1.807, 2.05) is 6.92 Å². The Hall–Kier alpha value is -1.62. The lowest BCUT2D eigenvalue weighted by Crippen LogP contribution is -2.50. The second-order valence-electron chi connectivity index (χ2n) is 6.12. The van der Waals surface area contributed by atoms with Crippen LogP contribution >= 0.6 is 0 Å². The fourth-order valence-corrected chi connectivity index (χ4v) is 3.52. The molecule has 5 heteroatoms. The van der Waals surface area contributed by atoms with Gasteiger partial charge in [0.15, 0.2) is 0 Å². The summed E-state index contributed by atoms with van der Waals surface area (Å²) in [5.74, 6) is -0.0789. The first-order valence-electron chi connectivity index (χ1n) is 7.84. The summed E-state index contributed by atoms with van der Waals surface area (Å²) in [6.45, 7) is 5.84. The van der Waals surface area contributed by atoms with Crippen molar-refractivity contribution < 1.29 is 9.90 Å². The number of aromatic carboxylic acids is 1. The summed E-state index contributed by atoms with van der Waals surface area (Å²) < 4.78 is 0. The van der Waals surface area contributed by atoms with Gasteiger partial charge in [0, 0.05) is 37.9 Å². The van der Waals surface area contributed by atoms with Crippen molar-refractivity contribution in [2.45, 2.75) is 38.6 Å². The molecule has 1 aliphatic heterocycles. The first-order chi connectivity index (χ1) is 10.1. The lowest BCUT2D eigenvalue weighted by molar-refractivity contribution is 0.0696. The molecule has 1 aliphatic carbocycles. The van der Waals surface area contributed by atoms with Crippen LogP contribution in [-0.4, -0.2) is 53.2 Å². The molecule has 1 N–H and O–H groups in total. The van der Waals surface area contributed by atoms with E-state index in [0.29, 0.717) is 5.56 Å². The number of aromatic nitrogens is 1. The molecule has 1 aromatic heterocycles. The van der Waals surface area contributed by atoms with E-state index < -0.39 is 5.97 Å². The maximum atomic E-state index is 11.2. The molecule has 21 heavy (non-hydrogen) atoms. The zero-order chi connectivity index (χ0) is 14.8. The third-order valence-corrected chi connectivity index (χ3v) is 4.67. The molecule has 2 heterocycles. The van der Waals surface area contributed by atoms with E-state index in [4.69, 9.17) is 5.11 Å². The fraction of sp³-hybridized carbons (Fsp3) is 0.625. The van der Waals surface area contributed by atoms with Crippen LogP contribution in [0.4, 0.5) is 5.82 Å². The van der Waals surface area contributed by atoms with E-state index in [9.17, 15) is 4.79 Å². The van der Waals surface area contributed by atoms with E-state index in [1.165, 1.54) is 25.7 Å². The van der Waals surface area contributed by atoms with Gasteiger partial charge in [-0.15, -0.1) is 0 Å². The molecule has 2 fully saturated rings. The Balaban J connectivity index is 1.67. The standard InChI is InChI=1S/C16H23N3O2/c1-12-10-13(16(20)21)11-15(17-12)19-8-6-18(7-9-19)14-4-2-3-5-14/h10-11,14H,2-9H2,1H3,(H,20,21). The summed E-state index contributed by atoms with van der Waals surface area (Å²) in [4.78, 5) is 20.5. The number of aryl methyl sites for hydroxylation is 1. The lowest BCUT2D eigenvalue weighted by Gasteiger charge is -2.38. The van der Waals surface area contributed by atoms with Gasteiger partial charge in [-0.1, -0.05) is 12.8 Å². The maximum Gasteiger partial charge on any atom is 0.335 e. The second kappa shape index (κ2) is 6.02. The number of rotatable bonds is 3. The Labute approximate surface area is 125 Å². The van der Waals surface area contributed by atoms with Gasteiger partial charge in [-0.05, 0) is 31.9 Å². The zero-order valence-electron chi connectivity index (χ0n) is 12.6. The van der Waals surface area contributed by atoms with Crippen molar-refractivity contribution in [2.24, 2.45) is 0 Å². The van der Waals surface area contributed by atoms with Gasteiger partial charge in [0.25, 0.3) is 0 Å².